The Morgan fingerprint density at radius 1 is 0.962 bits per heavy atom. The fraction of sp³-hybridized carbons (Fsp3) is 0.609. The van der Waals surface area contributed by atoms with E-state index in [1.165, 1.54) is 61.8 Å². The Balaban J connectivity index is 2.67. The Kier molecular flexibility index (Phi) is 11.3. The average Bonchev–Trinajstić information content (AvgIpc) is 2.65. The summed E-state index contributed by atoms with van der Waals surface area (Å²) in [6.07, 6.45) is 7.43. The Labute approximate surface area is 162 Å². The maximum absolute atomic E-state index is 11.5. The van der Waals surface area contributed by atoms with Crippen LogP contribution in [0.15, 0.2) is 42.5 Å². The van der Waals surface area contributed by atoms with Crippen LogP contribution in [0.1, 0.15) is 64.9 Å². The van der Waals surface area contributed by atoms with E-state index in [2.05, 4.69) is 50.8 Å². The molecule has 3 heteroatoms. The van der Waals surface area contributed by atoms with Gasteiger partial charge in [-0.1, -0.05) is 107 Å². The number of rotatable bonds is 14. The van der Waals surface area contributed by atoms with Crippen LogP contribution in [0.25, 0.3) is 0 Å². The van der Waals surface area contributed by atoms with Crippen molar-refractivity contribution in [1.82, 2.24) is 0 Å². The molecule has 0 aliphatic heterocycles. The van der Waals surface area contributed by atoms with E-state index in [9.17, 15) is 4.79 Å². The van der Waals surface area contributed by atoms with Crippen LogP contribution in [0.5, 0.6) is 0 Å². The van der Waals surface area contributed by atoms with Crippen LogP contribution >= 0.6 is 0 Å². The maximum Gasteiger partial charge on any atom is 0.333 e. The number of carbonyl (C=O) groups is 1. The molecule has 2 nitrogen and oxygen atoms in total. The van der Waals surface area contributed by atoms with Gasteiger partial charge in [-0.2, -0.15) is 0 Å². The van der Waals surface area contributed by atoms with Crippen LogP contribution < -0.4 is 0 Å². The van der Waals surface area contributed by atoms with Gasteiger partial charge in [-0.25, -0.2) is 4.79 Å². The standard InChI is InChI=1S/C23H38O2Si/c1-5-7-17-26(18-8-6-2,20-22-14-10-9-11-15-22)19-13-12-16-25-23(24)21(3)4/h9-11,14-15H,3,5-8,12-13,16-20H2,1-2,4H3. The van der Waals surface area contributed by atoms with Crippen molar-refractivity contribution in [2.75, 3.05) is 6.61 Å². The number of hydrogen-bond donors (Lipinski definition) is 0. The number of ether oxygens (including phenoxy) is 1. The van der Waals surface area contributed by atoms with Crippen molar-refractivity contribution in [3.63, 3.8) is 0 Å². The normalized spacial score (nSPS) is 11.3. The molecule has 0 fully saturated rings. The summed E-state index contributed by atoms with van der Waals surface area (Å²) in [7, 11) is -1.34. The van der Waals surface area contributed by atoms with E-state index in [1.807, 2.05) is 0 Å². The quantitative estimate of drug-likeness (QED) is 0.156. The summed E-state index contributed by atoms with van der Waals surface area (Å²) in [6.45, 7) is 10.5. The molecule has 0 saturated carbocycles. The van der Waals surface area contributed by atoms with E-state index in [1.54, 1.807) is 6.92 Å². The van der Waals surface area contributed by atoms with Gasteiger partial charge in [-0.3, -0.25) is 0 Å². The van der Waals surface area contributed by atoms with Crippen molar-refractivity contribution in [2.45, 2.75) is 83.5 Å². The van der Waals surface area contributed by atoms with Crippen molar-refractivity contribution >= 4 is 14.0 Å². The molecule has 0 aromatic heterocycles. The highest BCUT2D eigenvalue weighted by atomic mass is 28.3. The molecule has 0 unspecified atom stereocenters. The topological polar surface area (TPSA) is 26.3 Å². The molecular formula is C23H38O2Si. The first-order chi connectivity index (χ1) is 12.5. The third kappa shape index (κ3) is 8.84. The average molecular weight is 375 g/mol. The van der Waals surface area contributed by atoms with E-state index in [4.69, 9.17) is 4.74 Å². The first-order valence-corrected chi connectivity index (χ1v) is 13.2. The molecule has 0 N–H and O–H groups in total. The van der Waals surface area contributed by atoms with Crippen molar-refractivity contribution in [3.8, 4) is 0 Å². The van der Waals surface area contributed by atoms with Crippen LogP contribution in [-0.4, -0.2) is 20.7 Å². The zero-order chi connectivity index (χ0) is 19.3. The number of esters is 1. The fourth-order valence-electron chi connectivity index (χ4n) is 3.66. The van der Waals surface area contributed by atoms with Gasteiger partial charge in [0.15, 0.2) is 0 Å². The molecule has 1 aromatic carbocycles. The summed E-state index contributed by atoms with van der Waals surface area (Å²) in [6, 6.07) is 16.6. The van der Waals surface area contributed by atoms with Gasteiger partial charge in [0.05, 0.1) is 14.7 Å². The maximum atomic E-state index is 11.5. The van der Waals surface area contributed by atoms with Crippen LogP contribution in [0, 0.1) is 0 Å². The van der Waals surface area contributed by atoms with E-state index >= 15 is 0 Å². The van der Waals surface area contributed by atoms with E-state index < -0.39 is 8.07 Å². The van der Waals surface area contributed by atoms with E-state index in [0.29, 0.717) is 12.2 Å². The van der Waals surface area contributed by atoms with Crippen molar-refractivity contribution in [2.24, 2.45) is 0 Å². The highest BCUT2D eigenvalue weighted by Gasteiger charge is 2.31. The van der Waals surface area contributed by atoms with Crippen molar-refractivity contribution < 1.29 is 9.53 Å². The molecule has 1 rings (SSSR count). The summed E-state index contributed by atoms with van der Waals surface area (Å²) >= 11 is 0. The Bertz CT molecular complexity index is 516. The van der Waals surface area contributed by atoms with Crippen LogP contribution in [0.2, 0.25) is 18.1 Å². The molecule has 0 amide bonds. The molecule has 26 heavy (non-hydrogen) atoms. The first kappa shape index (κ1) is 22.7. The Hall–Kier alpha value is -1.35. The van der Waals surface area contributed by atoms with Crippen LogP contribution in [0.3, 0.4) is 0 Å². The molecular weight excluding hydrogens is 336 g/mol. The monoisotopic (exact) mass is 374 g/mol. The van der Waals surface area contributed by atoms with Gasteiger partial charge in [-0.15, -0.1) is 0 Å². The molecule has 0 aliphatic rings. The van der Waals surface area contributed by atoms with Gasteiger partial charge in [0.2, 0.25) is 0 Å². The molecule has 0 spiro atoms. The molecule has 0 atom stereocenters. The zero-order valence-corrected chi connectivity index (χ0v) is 18.2. The van der Waals surface area contributed by atoms with Crippen LogP contribution in [0.4, 0.5) is 0 Å². The molecule has 0 bridgehead atoms. The second kappa shape index (κ2) is 12.9. The Morgan fingerprint density at radius 3 is 2.08 bits per heavy atom. The number of hydrogen-bond acceptors (Lipinski definition) is 2. The van der Waals surface area contributed by atoms with Gasteiger partial charge in [-0.05, 0) is 19.4 Å². The van der Waals surface area contributed by atoms with E-state index in [-0.39, 0.29) is 5.97 Å². The van der Waals surface area contributed by atoms with Crippen molar-refractivity contribution in [1.29, 1.82) is 0 Å². The summed E-state index contributed by atoms with van der Waals surface area (Å²) in [5.41, 5.74) is 2.00. The van der Waals surface area contributed by atoms with Gasteiger partial charge in [0, 0.05) is 5.57 Å². The minimum Gasteiger partial charge on any atom is -0.462 e. The third-order valence-corrected chi connectivity index (χ3v) is 10.6. The molecule has 0 saturated heterocycles. The largest absolute Gasteiger partial charge is 0.462 e. The number of unbranched alkanes of at least 4 members (excludes halogenated alkanes) is 3. The Morgan fingerprint density at radius 2 is 1.54 bits per heavy atom. The summed E-state index contributed by atoms with van der Waals surface area (Å²) in [5, 5.41) is 0. The molecule has 1 aromatic rings. The fourth-order valence-corrected chi connectivity index (χ4v) is 9.25. The summed E-state index contributed by atoms with van der Waals surface area (Å²) in [4.78, 5) is 11.5. The lowest BCUT2D eigenvalue weighted by molar-refractivity contribution is -0.139. The van der Waals surface area contributed by atoms with Gasteiger partial charge in [0.25, 0.3) is 0 Å². The molecule has 0 radical (unpaired) electrons. The second-order valence-electron chi connectivity index (χ2n) is 7.74. The lowest BCUT2D eigenvalue weighted by Gasteiger charge is -2.33. The minimum atomic E-state index is -1.34. The minimum absolute atomic E-state index is 0.255. The van der Waals surface area contributed by atoms with Gasteiger partial charge in [0.1, 0.15) is 0 Å². The smallest absolute Gasteiger partial charge is 0.333 e. The number of benzene rings is 1. The van der Waals surface area contributed by atoms with E-state index in [0.717, 1.165) is 6.42 Å². The molecule has 0 heterocycles. The number of carbonyl (C=O) groups excluding carboxylic acids is 1. The zero-order valence-electron chi connectivity index (χ0n) is 17.2. The predicted molar refractivity (Wildman–Crippen MR) is 115 cm³/mol. The predicted octanol–water partition coefficient (Wildman–Crippen LogP) is 6.72. The van der Waals surface area contributed by atoms with Crippen molar-refractivity contribution in [3.05, 3.63) is 48.0 Å². The molecule has 0 aliphatic carbocycles. The highest BCUT2D eigenvalue weighted by molar-refractivity contribution is 6.79. The highest BCUT2D eigenvalue weighted by Crippen LogP contribution is 2.31. The SMILES string of the molecule is C=C(C)C(=O)OCCCC[Si](CCCC)(CCCC)Cc1ccccc1. The first-order valence-electron chi connectivity index (χ1n) is 10.4. The third-order valence-electron chi connectivity index (χ3n) is 5.23. The summed E-state index contributed by atoms with van der Waals surface area (Å²) in [5.74, 6) is -0.255. The summed E-state index contributed by atoms with van der Waals surface area (Å²) < 4.78 is 5.28. The lowest BCUT2D eigenvalue weighted by Crippen LogP contribution is -2.37. The second-order valence-corrected chi connectivity index (χ2v) is 12.6. The van der Waals surface area contributed by atoms with Crippen LogP contribution in [-0.2, 0) is 15.6 Å². The lowest BCUT2D eigenvalue weighted by atomic mass is 10.2. The van der Waals surface area contributed by atoms with Gasteiger partial charge >= 0.3 is 5.97 Å². The van der Waals surface area contributed by atoms with Gasteiger partial charge < -0.3 is 4.74 Å². The molecule has 146 valence electrons.